The number of cyclic esters (lactones) is 1. The number of esters is 1. The molecule has 10 atom stereocenters. The summed E-state index contributed by atoms with van der Waals surface area (Å²) in [5.41, 5.74) is -7.03. The van der Waals surface area contributed by atoms with Gasteiger partial charge >= 0.3 is 5.97 Å². The van der Waals surface area contributed by atoms with E-state index in [4.69, 9.17) is 9.47 Å². The molecule has 8 nitrogen and oxygen atoms in total. The number of carbonyl (C=O) groups excluding carboxylic acids is 3. The summed E-state index contributed by atoms with van der Waals surface area (Å²) < 4.78 is 11.6. The third-order valence-electron chi connectivity index (χ3n) is 11.9. The lowest BCUT2D eigenvalue weighted by atomic mass is 9.42. The van der Waals surface area contributed by atoms with Crippen LogP contribution in [0.2, 0.25) is 0 Å². The average Bonchev–Trinajstić information content (AvgIpc) is 3.51. The zero-order valence-electron chi connectivity index (χ0n) is 21.6. The van der Waals surface area contributed by atoms with E-state index in [1.807, 2.05) is 13.8 Å². The third kappa shape index (κ3) is 2.35. The molecule has 3 saturated carbocycles. The molecule has 6 rings (SSSR count). The van der Waals surface area contributed by atoms with Crippen LogP contribution in [0.4, 0.5) is 0 Å². The minimum Gasteiger partial charge on any atom is -0.455 e. The molecular formula is C28H36O8. The number of ketones is 2. The second-order valence-electron chi connectivity index (χ2n) is 12.9. The molecule has 0 aromatic rings. The van der Waals surface area contributed by atoms with E-state index in [9.17, 15) is 29.7 Å². The van der Waals surface area contributed by atoms with Gasteiger partial charge in [0.2, 0.25) is 0 Å². The van der Waals surface area contributed by atoms with E-state index in [2.05, 4.69) is 0 Å². The van der Waals surface area contributed by atoms with Crippen molar-refractivity contribution in [2.24, 2.45) is 22.7 Å². The molecule has 2 heterocycles. The Morgan fingerprint density at radius 1 is 1.00 bits per heavy atom. The second kappa shape index (κ2) is 6.76. The van der Waals surface area contributed by atoms with Crippen LogP contribution in [0, 0.1) is 22.7 Å². The van der Waals surface area contributed by atoms with Crippen LogP contribution < -0.4 is 0 Å². The fraction of sp³-hybridized carbons (Fsp3) is 0.750. The van der Waals surface area contributed by atoms with Crippen molar-refractivity contribution in [1.82, 2.24) is 0 Å². The summed E-state index contributed by atoms with van der Waals surface area (Å²) in [7, 11) is 0. The predicted octanol–water partition coefficient (Wildman–Crippen LogP) is 1.93. The van der Waals surface area contributed by atoms with Crippen molar-refractivity contribution in [1.29, 1.82) is 0 Å². The molecule has 6 aliphatic rings. The minimum absolute atomic E-state index is 0.117. The van der Waals surface area contributed by atoms with Crippen molar-refractivity contribution < 1.29 is 39.2 Å². The fourth-order valence-electron chi connectivity index (χ4n) is 9.24. The van der Waals surface area contributed by atoms with Crippen LogP contribution in [0.3, 0.4) is 0 Å². The maximum Gasteiger partial charge on any atom is 0.334 e. The van der Waals surface area contributed by atoms with E-state index < -0.39 is 57.3 Å². The van der Waals surface area contributed by atoms with Gasteiger partial charge in [-0.05, 0) is 83.8 Å². The van der Waals surface area contributed by atoms with Crippen molar-refractivity contribution >= 4 is 17.5 Å². The Balaban J connectivity index is 1.39. The first-order valence-electron chi connectivity index (χ1n) is 13.1. The van der Waals surface area contributed by atoms with Crippen LogP contribution in [0.1, 0.15) is 73.1 Å². The quantitative estimate of drug-likeness (QED) is 0.387. The lowest BCUT2D eigenvalue weighted by molar-refractivity contribution is -0.282. The van der Waals surface area contributed by atoms with Crippen molar-refractivity contribution in [3.8, 4) is 0 Å². The molecule has 3 N–H and O–H groups in total. The first-order chi connectivity index (χ1) is 16.6. The molecular weight excluding hydrogens is 464 g/mol. The molecule has 8 heteroatoms. The van der Waals surface area contributed by atoms with E-state index in [-0.39, 0.29) is 30.3 Å². The molecule has 36 heavy (non-hydrogen) atoms. The number of allylic oxidation sites excluding steroid dienone is 1. The zero-order valence-corrected chi connectivity index (χ0v) is 21.6. The summed E-state index contributed by atoms with van der Waals surface area (Å²) in [6, 6.07) is 0. The van der Waals surface area contributed by atoms with E-state index in [0.29, 0.717) is 31.3 Å². The highest BCUT2D eigenvalue weighted by molar-refractivity contribution is 6.15. The van der Waals surface area contributed by atoms with Gasteiger partial charge < -0.3 is 24.8 Å². The van der Waals surface area contributed by atoms with Gasteiger partial charge in [-0.1, -0.05) is 12.5 Å². The Labute approximate surface area is 210 Å². The molecule has 5 unspecified atom stereocenters. The highest BCUT2D eigenvalue weighted by Crippen LogP contribution is 2.74. The summed E-state index contributed by atoms with van der Waals surface area (Å²) in [6.07, 6.45) is 3.13. The Bertz CT molecular complexity index is 1170. The van der Waals surface area contributed by atoms with E-state index >= 15 is 0 Å². The summed E-state index contributed by atoms with van der Waals surface area (Å²) in [6.45, 7) is 8.63. The van der Waals surface area contributed by atoms with E-state index in [0.717, 1.165) is 5.57 Å². The van der Waals surface area contributed by atoms with Crippen molar-refractivity contribution in [3.05, 3.63) is 23.3 Å². The van der Waals surface area contributed by atoms with Gasteiger partial charge in [0.25, 0.3) is 0 Å². The summed E-state index contributed by atoms with van der Waals surface area (Å²) >= 11 is 0. The molecule has 0 amide bonds. The molecule has 4 aliphatic carbocycles. The van der Waals surface area contributed by atoms with Gasteiger partial charge in [0, 0.05) is 17.4 Å². The highest BCUT2D eigenvalue weighted by Gasteiger charge is 2.84. The summed E-state index contributed by atoms with van der Waals surface area (Å²) in [4.78, 5) is 38.7. The molecule has 0 aromatic heterocycles. The highest BCUT2D eigenvalue weighted by atomic mass is 16.6. The Hall–Kier alpha value is -1.87. The first kappa shape index (κ1) is 24.5. The summed E-state index contributed by atoms with van der Waals surface area (Å²) in [5.74, 6) is -1.54. The predicted molar refractivity (Wildman–Crippen MR) is 126 cm³/mol. The second-order valence-corrected chi connectivity index (χ2v) is 12.9. The number of rotatable bonds is 2. The standard InChI is InChI=1S/C28H36O8/c1-14-12-20(35-22(31)15(14)2)25(5,32)27(34)11-10-26(33)17-13-21-28(36-21)19(30)7-6-18(29)24(28,4)16(17)8-9-23(26,27)3/h6-7,16-17,20-21,32-34H,8-13H2,1-5H3/t16?,17?,20?,21?,23-,24-,25-,26+,27-,28?/m0/s1. The van der Waals surface area contributed by atoms with Gasteiger partial charge in [-0.15, -0.1) is 0 Å². The Morgan fingerprint density at radius 2 is 1.67 bits per heavy atom. The molecule has 0 aromatic carbocycles. The van der Waals surface area contributed by atoms with Crippen LogP contribution in [0.15, 0.2) is 23.3 Å². The number of fused-ring (bicyclic) bond motifs is 4. The van der Waals surface area contributed by atoms with Gasteiger partial charge in [-0.25, -0.2) is 4.79 Å². The lowest BCUT2D eigenvalue weighted by Crippen LogP contribution is -2.73. The molecule has 196 valence electrons. The summed E-state index contributed by atoms with van der Waals surface area (Å²) in [5, 5.41) is 36.7. The monoisotopic (exact) mass is 500 g/mol. The largest absolute Gasteiger partial charge is 0.455 e. The maximum atomic E-state index is 13.3. The normalized spacial score (nSPS) is 53.2. The number of hydrogen-bond acceptors (Lipinski definition) is 8. The molecule has 1 spiro atoms. The van der Waals surface area contributed by atoms with Gasteiger partial charge in [0.15, 0.2) is 17.2 Å². The molecule has 2 aliphatic heterocycles. The van der Waals surface area contributed by atoms with Gasteiger partial charge in [-0.2, -0.15) is 0 Å². The van der Waals surface area contributed by atoms with E-state index in [1.54, 1.807) is 13.8 Å². The first-order valence-corrected chi connectivity index (χ1v) is 13.1. The number of aliphatic hydroxyl groups is 3. The van der Waals surface area contributed by atoms with Gasteiger partial charge in [-0.3, -0.25) is 9.59 Å². The Morgan fingerprint density at radius 3 is 2.33 bits per heavy atom. The number of epoxide rings is 1. The molecule has 0 bridgehead atoms. The third-order valence-corrected chi connectivity index (χ3v) is 11.9. The molecule has 0 radical (unpaired) electrons. The van der Waals surface area contributed by atoms with Crippen molar-refractivity contribution in [2.75, 3.05) is 0 Å². The topological polar surface area (TPSA) is 134 Å². The van der Waals surface area contributed by atoms with Crippen LogP contribution in [-0.4, -0.2) is 67.5 Å². The number of carbonyl (C=O) groups is 3. The molecule has 4 fully saturated rings. The smallest absolute Gasteiger partial charge is 0.334 e. The minimum atomic E-state index is -1.82. The zero-order chi connectivity index (χ0) is 26.3. The van der Waals surface area contributed by atoms with Crippen LogP contribution in [-0.2, 0) is 23.9 Å². The lowest BCUT2D eigenvalue weighted by Gasteiger charge is -2.63. The van der Waals surface area contributed by atoms with Gasteiger partial charge in [0.05, 0.1) is 17.1 Å². The number of hydrogen-bond donors (Lipinski definition) is 3. The van der Waals surface area contributed by atoms with Crippen LogP contribution in [0.25, 0.3) is 0 Å². The fourth-order valence-corrected chi connectivity index (χ4v) is 9.24. The number of ether oxygens (including phenoxy) is 2. The Kier molecular flexibility index (Phi) is 4.59. The SMILES string of the molecule is CC1=C(C)C(=O)OC([C@](C)(O)[C@]2(O)CC[C@@]3(O)C4CC5OC56C(=O)C=CC(=O)[C@]6(C)C4CC[C@]23C)C1. The average molecular weight is 501 g/mol. The maximum absolute atomic E-state index is 13.3. The van der Waals surface area contributed by atoms with Crippen molar-refractivity contribution in [2.45, 2.75) is 108 Å². The van der Waals surface area contributed by atoms with Crippen molar-refractivity contribution in [3.63, 3.8) is 0 Å². The van der Waals surface area contributed by atoms with Gasteiger partial charge in [0.1, 0.15) is 17.3 Å². The van der Waals surface area contributed by atoms with Crippen LogP contribution >= 0.6 is 0 Å². The molecule has 1 saturated heterocycles. The van der Waals surface area contributed by atoms with Crippen LogP contribution in [0.5, 0.6) is 0 Å². The van der Waals surface area contributed by atoms with E-state index in [1.165, 1.54) is 19.1 Å².